The van der Waals surface area contributed by atoms with Gasteiger partial charge in [0.1, 0.15) is 0 Å². The summed E-state index contributed by atoms with van der Waals surface area (Å²) < 4.78 is 4.91. The van der Waals surface area contributed by atoms with Crippen LogP contribution >= 0.6 is 0 Å². The Morgan fingerprint density at radius 3 is 2.79 bits per heavy atom. The minimum absolute atomic E-state index is 0.0388. The molecule has 4 nitrogen and oxygen atoms in total. The first kappa shape index (κ1) is 10.8. The van der Waals surface area contributed by atoms with E-state index in [0.29, 0.717) is 24.3 Å². The Morgan fingerprint density at radius 1 is 1.64 bits per heavy atom. The molecule has 0 spiro atoms. The Morgan fingerprint density at radius 2 is 2.29 bits per heavy atom. The average Bonchev–Trinajstić information content (AvgIpc) is 2.01. The second-order valence-corrected chi connectivity index (χ2v) is 3.41. The van der Waals surface area contributed by atoms with E-state index in [4.69, 9.17) is 4.74 Å². The molecule has 0 saturated carbocycles. The molecule has 4 heteroatoms. The van der Waals surface area contributed by atoms with E-state index >= 15 is 0 Å². The van der Waals surface area contributed by atoms with E-state index in [0.717, 1.165) is 0 Å². The summed E-state index contributed by atoms with van der Waals surface area (Å²) >= 11 is 0. The van der Waals surface area contributed by atoms with Gasteiger partial charge in [-0.15, -0.1) is 0 Å². The quantitative estimate of drug-likeness (QED) is 0.671. The Bertz CT molecular complexity index is 294. The van der Waals surface area contributed by atoms with E-state index < -0.39 is 0 Å². The third-order valence-corrected chi connectivity index (χ3v) is 2.21. The lowest BCUT2D eigenvalue weighted by molar-refractivity contribution is -0.139. The molecule has 14 heavy (non-hydrogen) atoms. The highest BCUT2D eigenvalue weighted by molar-refractivity contribution is 5.94. The predicted molar refractivity (Wildman–Crippen MR) is 51.3 cm³/mol. The number of hydrogen-bond donors (Lipinski definition) is 1. The first-order chi connectivity index (χ1) is 6.56. The van der Waals surface area contributed by atoms with Crippen LogP contribution in [-0.2, 0) is 14.3 Å². The Kier molecular flexibility index (Phi) is 3.28. The summed E-state index contributed by atoms with van der Waals surface area (Å²) in [5.41, 5.74) is 1.21. The van der Waals surface area contributed by atoms with E-state index in [1.165, 1.54) is 0 Å². The van der Waals surface area contributed by atoms with Crippen LogP contribution in [0.2, 0.25) is 0 Å². The summed E-state index contributed by atoms with van der Waals surface area (Å²) in [5, 5.41) is 2.64. The van der Waals surface area contributed by atoms with Crippen molar-refractivity contribution in [2.24, 2.45) is 5.92 Å². The van der Waals surface area contributed by atoms with Crippen LogP contribution in [0.3, 0.4) is 0 Å². The van der Waals surface area contributed by atoms with Gasteiger partial charge in [-0.25, -0.2) is 4.79 Å². The fraction of sp³-hybridized carbons (Fsp3) is 0.600. The number of nitrogens with one attached hydrogen (secondary N) is 1. The van der Waals surface area contributed by atoms with Crippen molar-refractivity contribution in [3.05, 3.63) is 11.3 Å². The second kappa shape index (κ2) is 4.26. The maximum Gasteiger partial charge on any atom is 0.336 e. The summed E-state index contributed by atoms with van der Waals surface area (Å²) in [7, 11) is 0. The highest BCUT2D eigenvalue weighted by Crippen LogP contribution is 2.23. The molecule has 0 aromatic carbocycles. The number of ether oxygens (including phenoxy) is 1. The number of rotatable bonds is 2. The molecule has 1 aliphatic rings. The fourth-order valence-corrected chi connectivity index (χ4v) is 1.64. The van der Waals surface area contributed by atoms with E-state index in [2.05, 4.69) is 5.32 Å². The summed E-state index contributed by atoms with van der Waals surface area (Å²) in [6.07, 6.45) is 0.353. The fourth-order valence-electron chi connectivity index (χ4n) is 1.64. The third-order valence-electron chi connectivity index (χ3n) is 2.21. The van der Waals surface area contributed by atoms with Gasteiger partial charge >= 0.3 is 5.97 Å². The van der Waals surface area contributed by atoms with Gasteiger partial charge in [-0.3, -0.25) is 4.79 Å². The number of carbonyl (C=O) groups is 2. The zero-order chi connectivity index (χ0) is 10.7. The topological polar surface area (TPSA) is 55.4 Å². The SMILES string of the molecule is CCOC(=O)C1=C(C)NC(=O)C[C@@H]1C. The Labute approximate surface area is 83.3 Å². The van der Waals surface area contributed by atoms with E-state index in [1.54, 1.807) is 13.8 Å². The highest BCUT2D eigenvalue weighted by atomic mass is 16.5. The number of amides is 1. The number of esters is 1. The molecule has 1 amide bonds. The van der Waals surface area contributed by atoms with E-state index in [9.17, 15) is 9.59 Å². The molecule has 0 aromatic heterocycles. The molecule has 0 saturated heterocycles. The Balaban J connectivity index is 2.88. The predicted octanol–water partition coefficient (Wildman–Crippen LogP) is 0.980. The maximum atomic E-state index is 11.5. The number of allylic oxidation sites excluding steroid dienone is 1. The van der Waals surface area contributed by atoms with Crippen LogP contribution < -0.4 is 5.32 Å². The average molecular weight is 197 g/mol. The van der Waals surface area contributed by atoms with Crippen molar-refractivity contribution in [2.45, 2.75) is 27.2 Å². The van der Waals surface area contributed by atoms with Crippen molar-refractivity contribution in [3.63, 3.8) is 0 Å². The molecule has 0 fully saturated rings. The lowest BCUT2D eigenvalue weighted by Gasteiger charge is -2.22. The molecular formula is C10H15NO3. The highest BCUT2D eigenvalue weighted by Gasteiger charge is 2.27. The van der Waals surface area contributed by atoms with Gasteiger partial charge in [0.15, 0.2) is 0 Å². The molecule has 1 heterocycles. The van der Waals surface area contributed by atoms with Gasteiger partial charge in [0.05, 0.1) is 12.2 Å². The van der Waals surface area contributed by atoms with Crippen molar-refractivity contribution in [2.75, 3.05) is 6.61 Å². The molecule has 0 unspecified atom stereocenters. The van der Waals surface area contributed by atoms with E-state index in [-0.39, 0.29) is 17.8 Å². The van der Waals surface area contributed by atoms with Gasteiger partial charge < -0.3 is 10.1 Å². The smallest absolute Gasteiger partial charge is 0.336 e. The van der Waals surface area contributed by atoms with Crippen LogP contribution in [0.25, 0.3) is 0 Å². The lowest BCUT2D eigenvalue weighted by atomic mass is 9.92. The van der Waals surface area contributed by atoms with Crippen LogP contribution in [0.15, 0.2) is 11.3 Å². The van der Waals surface area contributed by atoms with E-state index in [1.807, 2.05) is 6.92 Å². The van der Waals surface area contributed by atoms with Crippen LogP contribution in [0.4, 0.5) is 0 Å². The van der Waals surface area contributed by atoms with Crippen molar-refractivity contribution < 1.29 is 14.3 Å². The molecule has 1 rings (SSSR count). The molecule has 0 aromatic rings. The zero-order valence-corrected chi connectivity index (χ0v) is 8.72. The molecule has 0 aliphatic carbocycles. The molecule has 78 valence electrons. The van der Waals surface area contributed by atoms with Gasteiger partial charge in [0, 0.05) is 12.1 Å². The summed E-state index contributed by atoms with van der Waals surface area (Å²) in [4.78, 5) is 22.6. The van der Waals surface area contributed by atoms with Crippen LogP contribution in [-0.4, -0.2) is 18.5 Å². The Hall–Kier alpha value is -1.32. The van der Waals surface area contributed by atoms with Gasteiger partial charge in [-0.1, -0.05) is 6.92 Å². The molecule has 1 aliphatic heterocycles. The normalized spacial score (nSPS) is 21.9. The molecule has 1 atom stereocenters. The van der Waals surface area contributed by atoms with Crippen molar-refractivity contribution in [3.8, 4) is 0 Å². The minimum Gasteiger partial charge on any atom is -0.463 e. The van der Waals surface area contributed by atoms with Crippen LogP contribution in [0.1, 0.15) is 27.2 Å². The maximum absolute atomic E-state index is 11.5. The molecule has 0 radical (unpaired) electrons. The largest absolute Gasteiger partial charge is 0.463 e. The van der Waals surface area contributed by atoms with Gasteiger partial charge in [-0.2, -0.15) is 0 Å². The second-order valence-electron chi connectivity index (χ2n) is 3.41. The van der Waals surface area contributed by atoms with Gasteiger partial charge in [0.25, 0.3) is 0 Å². The van der Waals surface area contributed by atoms with Crippen LogP contribution in [0.5, 0.6) is 0 Å². The van der Waals surface area contributed by atoms with Crippen molar-refractivity contribution in [1.29, 1.82) is 0 Å². The molecular weight excluding hydrogens is 182 g/mol. The number of hydrogen-bond acceptors (Lipinski definition) is 3. The van der Waals surface area contributed by atoms with Gasteiger partial charge in [0.2, 0.25) is 5.91 Å². The summed E-state index contributed by atoms with van der Waals surface area (Å²) in [6.45, 7) is 5.70. The molecule has 0 bridgehead atoms. The minimum atomic E-state index is -0.322. The van der Waals surface area contributed by atoms with Crippen molar-refractivity contribution >= 4 is 11.9 Å². The standard InChI is InChI=1S/C10H15NO3/c1-4-14-10(13)9-6(2)5-8(12)11-7(9)3/h6H,4-5H2,1-3H3,(H,11,12)/t6-/m0/s1. The summed E-state index contributed by atoms with van der Waals surface area (Å²) in [6, 6.07) is 0. The van der Waals surface area contributed by atoms with Crippen molar-refractivity contribution in [1.82, 2.24) is 5.32 Å². The molecule has 1 N–H and O–H groups in total. The third kappa shape index (κ3) is 2.13. The lowest BCUT2D eigenvalue weighted by Crippen LogP contribution is -2.34. The first-order valence-corrected chi connectivity index (χ1v) is 4.74. The summed E-state index contributed by atoms with van der Waals surface area (Å²) in [5.74, 6) is -0.414. The monoisotopic (exact) mass is 197 g/mol. The van der Waals surface area contributed by atoms with Crippen LogP contribution in [0, 0.1) is 5.92 Å². The number of carbonyl (C=O) groups excluding carboxylic acids is 2. The first-order valence-electron chi connectivity index (χ1n) is 4.74. The zero-order valence-electron chi connectivity index (χ0n) is 8.72. The van der Waals surface area contributed by atoms with Gasteiger partial charge in [-0.05, 0) is 19.8 Å².